The molecule has 0 bridgehead atoms. The minimum atomic E-state index is -6.55. The van der Waals surface area contributed by atoms with Gasteiger partial charge in [-0.3, -0.25) is 0 Å². The van der Waals surface area contributed by atoms with Crippen molar-refractivity contribution in [2.75, 3.05) is 0 Å². The molecule has 0 saturated carbocycles. The predicted molar refractivity (Wildman–Crippen MR) is 45.4 cm³/mol. The minimum absolute atomic E-state index is 0.111. The van der Waals surface area contributed by atoms with Crippen molar-refractivity contribution in [1.82, 2.24) is 0 Å². The summed E-state index contributed by atoms with van der Waals surface area (Å²) in [7, 11) is 0. The first kappa shape index (κ1) is 19.0. The highest BCUT2D eigenvalue weighted by Gasteiger charge is 2.73. The second-order valence-corrected chi connectivity index (χ2v) is 3.98. The van der Waals surface area contributed by atoms with Crippen molar-refractivity contribution in [1.29, 1.82) is 0 Å². The molecule has 0 aromatic rings. The van der Waals surface area contributed by atoms with Gasteiger partial charge in [0.1, 0.15) is 6.29 Å². The van der Waals surface area contributed by atoms with Crippen LogP contribution in [0.3, 0.4) is 0 Å². The quantitative estimate of drug-likeness (QED) is 0.543. The van der Waals surface area contributed by atoms with Crippen LogP contribution >= 0.6 is 0 Å². The number of halogens is 10. The van der Waals surface area contributed by atoms with Gasteiger partial charge in [0, 0.05) is 12.8 Å². The predicted octanol–water partition coefficient (Wildman–Crippen LogP) is 4.37. The fourth-order valence-electron chi connectivity index (χ4n) is 1.38. The van der Waals surface area contributed by atoms with Crippen molar-refractivity contribution in [3.63, 3.8) is 0 Å². The van der Waals surface area contributed by atoms with E-state index in [-0.39, 0.29) is 6.29 Å². The number of alkyl halides is 10. The van der Waals surface area contributed by atoms with Gasteiger partial charge in [0.05, 0.1) is 5.92 Å². The maximum absolute atomic E-state index is 13.2. The molecule has 0 spiro atoms. The van der Waals surface area contributed by atoms with E-state index in [4.69, 9.17) is 0 Å². The number of hydrogen-bond donors (Lipinski definition) is 0. The van der Waals surface area contributed by atoms with Gasteiger partial charge in [-0.25, -0.2) is 4.39 Å². The highest BCUT2D eigenvalue weighted by atomic mass is 19.4. The maximum Gasteiger partial charge on any atom is 0.431 e. The molecule has 0 fully saturated rings. The minimum Gasteiger partial charge on any atom is -0.303 e. The zero-order valence-electron chi connectivity index (χ0n) is 9.46. The van der Waals surface area contributed by atoms with Crippen molar-refractivity contribution in [2.24, 2.45) is 5.92 Å². The summed E-state index contributed by atoms with van der Waals surface area (Å²) in [6.45, 7) is 0. The van der Waals surface area contributed by atoms with Gasteiger partial charge in [0.25, 0.3) is 5.67 Å². The first-order chi connectivity index (χ1) is 8.67. The standard InChI is InChI=1S/C9H8F10O/c10-6(8(14,15)16,9(17,18)19)4-5(2-1-3-20)7(11,12)13/h3,5H,1-2,4H2. The Morgan fingerprint density at radius 1 is 0.800 bits per heavy atom. The van der Waals surface area contributed by atoms with Gasteiger partial charge in [0.15, 0.2) is 0 Å². The second-order valence-electron chi connectivity index (χ2n) is 3.98. The summed E-state index contributed by atoms with van der Waals surface area (Å²) in [6, 6.07) is 0. The fraction of sp³-hybridized carbons (Fsp3) is 0.889. The first-order valence-corrected chi connectivity index (χ1v) is 4.99. The van der Waals surface area contributed by atoms with E-state index < -0.39 is 49.4 Å². The number of hydrogen-bond acceptors (Lipinski definition) is 1. The molecular weight excluding hydrogens is 314 g/mol. The summed E-state index contributed by atoms with van der Waals surface area (Å²) >= 11 is 0. The van der Waals surface area contributed by atoms with Gasteiger partial charge >= 0.3 is 18.5 Å². The molecule has 0 N–H and O–H groups in total. The Kier molecular flexibility index (Phi) is 5.46. The number of aldehydes is 1. The van der Waals surface area contributed by atoms with E-state index in [1.807, 2.05) is 0 Å². The van der Waals surface area contributed by atoms with Crippen molar-refractivity contribution in [2.45, 2.75) is 43.5 Å². The molecule has 120 valence electrons. The second kappa shape index (κ2) is 5.76. The Hall–Kier alpha value is -1.03. The smallest absolute Gasteiger partial charge is 0.303 e. The molecule has 0 aromatic carbocycles. The lowest BCUT2D eigenvalue weighted by Crippen LogP contribution is -2.55. The Morgan fingerprint density at radius 3 is 1.45 bits per heavy atom. The van der Waals surface area contributed by atoms with Crippen LogP contribution in [0, 0.1) is 5.92 Å². The number of carbonyl (C=O) groups excluding carboxylic acids is 1. The van der Waals surface area contributed by atoms with E-state index in [9.17, 15) is 48.7 Å². The largest absolute Gasteiger partial charge is 0.431 e. The van der Waals surface area contributed by atoms with E-state index in [0.717, 1.165) is 0 Å². The number of carbonyl (C=O) groups is 1. The lowest BCUT2D eigenvalue weighted by atomic mass is 9.87. The van der Waals surface area contributed by atoms with Crippen LogP contribution in [-0.4, -0.2) is 30.5 Å². The summed E-state index contributed by atoms with van der Waals surface area (Å²) in [5.74, 6) is -3.24. The van der Waals surface area contributed by atoms with Gasteiger partial charge in [-0.2, -0.15) is 39.5 Å². The van der Waals surface area contributed by atoms with Gasteiger partial charge < -0.3 is 4.79 Å². The molecule has 20 heavy (non-hydrogen) atoms. The van der Waals surface area contributed by atoms with Crippen molar-refractivity contribution in [3.05, 3.63) is 0 Å². The monoisotopic (exact) mass is 322 g/mol. The van der Waals surface area contributed by atoms with E-state index in [1.165, 1.54) is 0 Å². The van der Waals surface area contributed by atoms with Crippen LogP contribution in [0.25, 0.3) is 0 Å². The molecule has 0 aliphatic rings. The van der Waals surface area contributed by atoms with Gasteiger partial charge in [-0.15, -0.1) is 0 Å². The molecule has 0 saturated heterocycles. The van der Waals surface area contributed by atoms with Crippen LogP contribution in [0.15, 0.2) is 0 Å². The summed E-state index contributed by atoms with van der Waals surface area (Å²) < 4.78 is 123. The third kappa shape index (κ3) is 4.23. The molecule has 1 unspecified atom stereocenters. The molecular formula is C9H8F10O. The van der Waals surface area contributed by atoms with Gasteiger partial charge in [-0.1, -0.05) is 0 Å². The highest BCUT2D eigenvalue weighted by molar-refractivity contribution is 5.49. The molecule has 0 radical (unpaired) electrons. The molecule has 1 atom stereocenters. The zero-order chi connectivity index (χ0) is 16.4. The van der Waals surface area contributed by atoms with Gasteiger partial charge in [-0.05, 0) is 6.42 Å². The topological polar surface area (TPSA) is 17.1 Å². The molecule has 1 nitrogen and oxygen atoms in total. The Labute approximate surface area is 105 Å². The lowest BCUT2D eigenvalue weighted by Gasteiger charge is -2.33. The molecule has 0 heterocycles. The maximum atomic E-state index is 13.2. The SMILES string of the molecule is O=CCCC(CC(F)(C(F)(F)F)C(F)(F)F)C(F)(F)F. The van der Waals surface area contributed by atoms with Crippen LogP contribution < -0.4 is 0 Å². The zero-order valence-corrected chi connectivity index (χ0v) is 9.46. The molecule has 0 amide bonds. The van der Waals surface area contributed by atoms with Crippen LogP contribution in [0.2, 0.25) is 0 Å². The van der Waals surface area contributed by atoms with Crippen molar-refractivity contribution < 1.29 is 48.7 Å². The van der Waals surface area contributed by atoms with Gasteiger partial charge in [0.2, 0.25) is 0 Å². The Bertz CT molecular complexity index is 311. The summed E-state index contributed by atoms with van der Waals surface area (Å²) in [5, 5.41) is 0. The third-order valence-electron chi connectivity index (χ3n) is 2.52. The summed E-state index contributed by atoms with van der Waals surface area (Å²) in [4.78, 5) is 9.89. The van der Waals surface area contributed by atoms with Crippen molar-refractivity contribution in [3.8, 4) is 0 Å². The molecule has 0 aliphatic heterocycles. The first-order valence-electron chi connectivity index (χ1n) is 4.99. The van der Waals surface area contributed by atoms with Crippen LogP contribution in [0.1, 0.15) is 19.3 Å². The molecule has 0 rings (SSSR count). The van der Waals surface area contributed by atoms with Crippen molar-refractivity contribution >= 4 is 6.29 Å². The average molecular weight is 322 g/mol. The van der Waals surface area contributed by atoms with E-state index in [2.05, 4.69) is 0 Å². The third-order valence-corrected chi connectivity index (χ3v) is 2.52. The average Bonchev–Trinajstić information content (AvgIpc) is 2.18. The van der Waals surface area contributed by atoms with Crippen LogP contribution in [0.4, 0.5) is 43.9 Å². The van der Waals surface area contributed by atoms with Crippen LogP contribution in [0.5, 0.6) is 0 Å². The summed E-state index contributed by atoms with van der Waals surface area (Å²) in [5.41, 5.74) is -5.98. The fourth-order valence-corrected chi connectivity index (χ4v) is 1.38. The molecule has 0 aliphatic carbocycles. The molecule has 11 heteroatoms. The van der Waals surface area contributed by atoms with E-state index in [1.54, 1.807) is 0 Å². The van der Waals surface area contributed by atoms with E-state index >= 15 is 0 Å². The molecule has 0 aromatic heterocycles. The number of rotatable bonds is 5. The highest BCUT2D eigenvalue weighted by Crippen LogP contribution is 2.52. The Balaban J connectivity index is 5.47. The normalized spacial score (nSPS) is 16.1. The lowest BCUT2D eigenvalue weighted by molar-refractivity contribution is -0.352. The van der Waals surface area contributed by atoms with Crippen LogP contribution in [-0.2, 0) is 4.79 Å². The Morgan fingerprint density at radius 2 is 1.20 bits per heavy atom. The van der Waals surface area contributed by atoms with E-state index in [0.29, 0.717) is 0 Å². The summed E-state index contributed by atoms with van der Waals surface area (Å²) in [6.07, 6.45) is -23.8.